The van der Waals surface area contributed by atoms with Gasteiger partial charge in [-0.2, -0.15) is 0 Å². The van der Waals surface area contributed by atoms with Gasteiger partial charge in [-0.3, -0.25) is 4.79 Å². The summed E-state index contributed by atoms with van der Waals surface area (Å²) in [6.45, 7) is 2.07. The molecule has 0 unspecified atom stereocenters. The summed E-state index contributed by atoms with van der Waals surface area (Å²) in [6, 6.07) is 16.9. The Hall–Kier alpha value is -3.05. The Balaban J connectivity index is 1.49. The minimum absolute atomic E-state index is 0.260. The molecule has 1 aliphatic heterocycles. The Morgan fingerprint density at radius 2 is 1.74 bits per heavy atom. The Morgan fingerprint density at radius 3 is 2.39 bits per heavy atom. The average molecular weight is 436 g/mol. The molecule has 0 radical (unpaired) electrons. The fraction of sp³-hybridized carbons (Fsp3) is 0.280. The Morgan fingerprint density at radius 1 is 1.00 bits per heavy atom. The molecule has 1 amide bonds. The predicted molar refractivity (Wildman–Crippen MR) is 126 cm³/mol. The number of anilines is 2. The summed E-state index contributed by atoms with van der Waals surface area (Å²) < 4.78 is 5.21. The molecule has 1 aromatic heterocycles. The van der Waals surface area contributed by atoms with Crippen molar-refractivity contribution in [2.45, 2.75) is 25.7 Å². The van der Waals surface area contributed by atoms with Crippen molar-refractivity contribution in [1.82, 2.24) is 4.98 Å². The number of pyridine rings is 1. The molecule has 5 nitrogen and oxygen atoms in total. The van der Waals surface area contributed by atoms with Gasteiger partial charge in [0.2, 0.25) is 0 Å². The lowest BCUT2D eigenvalue weighted by atomic mass is 10.0. The second kappa shape index (κ2) is 9.84. The van der Waals surface area contributed by atoms with Gasteiger partial charge in [0.1, 0.15) is 11.6 Å². The summed E-state index contributed by atoms with van der Waals surface area (Å²) in [6.07, 6.45) is 6.66. The lowest BCUT2D eigenvalue weighted by Gasteiger charge is -2.21. The van der Waals surface area contributed by atoms with E-state index in [1.807, 2.05) is 48.5 Å². The first-order chi connectivity index (χ1) is 15.2. The van der Waals surface area contributed by atoms with E-state index in [9.17, 15) is 4.79 Å². The maximum absolute atomic E-state index is 12.9. The lowest BCUT2D eigenvalue weighted by Crippen LogP contribution is -2.24. The number of nitrogens with one attached hydrogen (secondary N) is 1. The number of aromatic nitrogens is 1. The molecule has 160 valence electrons. The van der Waals surface area contributed by atoms with Gasteiger partial charge in [0, 0.05) is 18.7 Å². The van der Waals surface area contributed by atoms with E-state index in [1.165, 1.54) is 25.7 Å². The molecule has 1 aliphatic rings. The van der Waals surface area contributed by atoms with E-state index in [0.717, 1.165) is 35.8 Å². The quantitative estimate of drug-likeness (QED) is 0.530. The van der Waals surface area contributed by atoms with Crippen LogP contribution >= 0.6 is 11.6 Å². The minimum Gasteiger partial charge on any atom is -0.497 e. The smallest absolute Gasteiger partial charge is 0.257 e. The van der Waals surface area contributed by atoms with Crippen LogP contribution in [0.3, 0.4) is 0 Å². The van der Waals surface area contributed by atoms with Gasteiger partial charge in [0.15, 0.2) is 0 Å². The largest absolute Gasteiger partial charge is 0.497 e. The lowest BCUT2D eigenvalue weighted by molar-refractivity contribution is 0.102. The maximum atomic E-state index is 12.9. The van der Waals surface area contributed by atoms with Crippen LogP contribution in [0.25, 0.3) is 11.1 Å². The van der Waals surface area contributed by atoms with Crippen LogP contribution in [0.1, 0.15) is 36.0 Å². The van der Waals surface area contributed by atoms with Crippen molar-refractivity contribution in [3.8, 4) is 16.9 Å². The van der Waals surface area contributed by atoms with Crippen molar-refractivity contribution in [2.24, 2.45) is 0 Å². The summed E-state index contributed by atoms with van der Waals surface area (Å²) in [4.78, 5) is 19.8. The minimum atomic E-state index is -0.260. The van der Waals surface area contributed by atoms with Crippen LogP contribution in [0.4, 0.5) is 11.5 Å². The molecule has 0 spiro atoms. The van der Waals surface area contributed by atoms with Crippen molar-refractivity contribution in [3.05, 3.63) is 71.4 Å². The number of rotatable bonds is 5. The third-order valence-corrected chi connectivity index (χ3v) is 5.99. The predicted octanol–water partition coefficient (Wildman–Crippen LogP) is 6.04. The average Bonchev–Trinajstić information content (AvgIpc) is 3.09. The number of hydrogen-bond acceptors (Lipinski definition) is 4. The monoisotopic (exact) mass is 435 g/mol. The molecule has 0 saturated carbocycles. The van der Waals surface area contributed by atoms with Gasteiger partial charge >= 0.3 is 0 Å². The zero-order chi connectivity index (χ0) is 21.6. The summed E-state index contributed by atoms with van der Waals surface area (Å²) in [5.41, 5.74) is 2.79. The van der Waals surface area contributed by atoms with Crippen LogP contribution < -0.4 is 15.0 Å². The first-order valence-corrected chi connectivity index (χ1v) is 11.0. The summed E-state index contributed by atoms with van der Waals surface area (Å²) >= 11 is 6.61. The second-order valence-corrected chi connectivity index (χ2v) is 8.03. The fourth-order valence-corrected chi connectivity index (χ4v) is 4.17. The number of hydrogen-bond donors (Lipinski definition) is 1. The van der Waals surface area contributed by atoms with Gasteiger partial charge in [-0.15, -0.1) is 0 Å². The van der Waals surface area contributed by atoms with Crippen molar-refractivity contribution in [1.29, 1.82) is 0 Å². The molecule has 0 aliphatic carbocycles. The third-order valence-electron chi connectivity index (χ3n) is 5.58. The summed E-state index contributed by atoms with van der Waals surface area (Å²) in [5, 5.41) is 3.33. The van der Waals surface area contributed by atoms with Crippen LogP contribution in [0.2, 0.25) is 5.02 Å². The summed E-state index contributed by atoms with van der Waals surface area (Å²) in [5.74, 6) is 1.47. The van der Waals surface area contributed by atoms with E-state index in [1.54, 1.807) is 19.4 Å². The van der Waals surface area contributed by atoms with E-state index >= 15 is 0 Å². The van der Waals surface area contributed by atoms with Gasteiger partial charge in [0.25, 0.3) is 5.91 Å². The van der Waals surface area contributed by atoms with E-state index < -0.39 is 0 Å². The molecule has 2 aromatic carbocycles. The second-order valence-electron chi connectivity index (χ2n) is 7.66. The van der Waals surface area contributed by atoms with E-state index in [2.05, 4.69) is 15.2 Å². The van der Waals surface area contributed by atoms with Gasteiger partial charge in [-0.1, -0.05) is 48.7 Å². The Bertz CT molecular complexity index is 1030. The molecule has 2 heterocycles. The van der Waals surface area contributed by atoms with Crippen molar-refractivity contribution in [2.75, 3.05) is 30.4 Å². The van der Waals surface area contributed by atoms with Gasteiger partial charge in [0.05, 0.1) is 29.6 Å². The number of carbonyl (C=O) groups is 1. The highest BCUT2D eigenvalue weighted by molar-refractivity contribution is 6.37. The van der Waals surface area contributed by atoms with Crippen LogP contribution in [-0.4, -0.2) is 31.1 Å². The molecule has 0 bridgehead atoms. The highest BCUT2D eigenvalue weighted by Crippen LogP contribution is 2.32. The molecule has 1 N–H and O–H groups in total. The molecule has 1 fully saturated rings. The van der Waals surface area contributed by atoms with E-state index in [4.69, 9.17) is 16.3 Å². The standard InChI is InChI=1S/C25H26ClN3O2/c1-31-20-12-9-18(10-13-20)21-7-6-8-22(24(21)26)25(30)28-19-11-14-23(27-17-19)29-15-4-2-3-5-16-29/h6-14,17H,2-5,15-16H2,1H3,(H,28,30). The molecule has 3 aromatic rings. The SMILES string of the molecule is COc1ccc(-c2cccc(C(=O)Nc3ccc(N4CCCCCC4)nc3)c2Cl)cc1. The number of ether oxygens (including phenoxy) is 1. The fourth-order valence-electron chi connectivity index (χ4n) is 3.85. The zero-order valence-electron chi connectivity index (χ0n) is 17.6. The molecule has 31 heavy (non-hydrogen) atoms. The number of carbonyl (C=O) groups excluding carboxylic acids is 1. The van der Waals surface area contributed by atoms with Gasteiger partial charge < -0.3 is 15.0 Å². The Kier molecular flexibility index (Phi) is 6.73. The maximum Gasteiger partial charge on any atom is 0.257 e. The molecular formula is C25H26ClN3O2. The molecule has 4 rings (SSSR count). The molecule has 0 atom stereocenters. The normalized spacial score (nSPS) is 14.1. The number of amides is 1. The number of benzene rings is 2. The van der Waals surface area contributed by atoms with Crippen molar-refractivity contribution in [3.63, 3.8) is 0 Å². The number of methoxy groups -OCH3 is 1. The Labute approximate surface area is 188 Å². The van der Waals surface area contributed by atoms with Crippen LogP contribution in [0.5, 0.6) is 5.75 Å². The van der Waals surface area contributed by atoms with E-state index in [0.29, 0.717) is 16.3 Å². The third kappa shape index (κ3) is 5.00. The zero-order valence-corrected chi connectivity index (χ0v) is 18.4. The highest BCUT2D eigenvalue weighted by Gasteiger charge is 2.16. The van der Waals surface area contributed by atoms with Crippen LogP contribution in [0.15, 0.2) is 60.8 Å². The number of halogens is 1. The van der Waals surface area contributed by atoms with Gasteiger partial charge in [-0.05, 0) is 48.7 Å². The first-order valence-electron chi connectivity index (χ1n) is 10.6. The molecule has 6 heteroatoms. The number of nitrogens with zero attached hydrogens (tertiary/aromatic N) is 2. The van der Waals surface area contributed by atoms with E-state index in [-0.39, 0.29) is 5.91 Å². The summed E-state index contributed by atoms with van der Waals surface area (Å²) in [7, 11) is 1.63. The van der Waals surface area contributed by atoms with Crippen molar-refractivity contribution >= 4 is 29.0 Å². The van der Waals surface area contributed by atoms with Gasteiger partial charge in [-0.25, -0.2) is 4.98 Å². The van der Waals surface area contributed by atoms with Crippen LogP contribution in [-0.2, 0) is 0 Å². The highest BCUT2D eigenvalue weighted by atomic mass is 35.5. The topological polar surface area (TPSA) is 54.5 Å². The molecule has 1 saturated heterocycles. The molecular weight excluding hydrogens is 410 g/mol. The van der Waals surface area contributed by atoms with Crippen LogP contribution in [0, 0.1) is 0 Å². The van der Waals surface area contributed by atoms with Crippen molar-refractivity contribution < 1.29 is 9.53 Å². The first kappa shape index (κ1) is 21.2.